The average molecular weight is 301 g/mol. The number of aliphatic hydroxyl groups is 1. The van der Waals surface area contributed by atoms with Crippen LogP contribution in [-0.4, -0.2) is 27.4 Å². The zero-order chi connectivity index (χ0) is 14.4. The van der Waals surface area contributed by atoms with Gasteiger partial charge < -0.3 is 14.4 Å². The molecular formula is C16H13ClN2O2. The summed E-state index contributed by atoms with van der Waals surface area (Å²) in [6, 6.07) is 13.6. The van der Waals surface area contributed by atoms with Gasteiger partial charge in [0.05, 0.1) is 34.8 Å². The Labute approximate surface area is 126 Å². The lowest BCUT2D eigenvalue weighted by Gasteiger charge is -2.16. The number of benzene rings is 2. The van der Waals surface area contributed by atoms with Crippen LogP contribution in [0, 0.1) is 0 Å². The minimum atomic E-state index is -0.345. The number of aliphatic hydroxyl groups excluding tert-OH is 1. The Morgan fingerprint density at radius 2 is 2.10 bits per heavy atom. The first kappa shape index (κ1) is 12.7. The minimum Gasteiger partial charge on any atom is -0.484 e. The molecule has 5 heteroatoms. The number of rotatable bonds is 1. The maximum Gasteiger partial charge on any atom is 0.149 e. The van der Waals surface area contributed by atoms with E-state index in [0.29, 0.717) is 17.3 Å². The van der Waals surface area contributed by atoms with Crippen molar-refractivity contribution in [1.82, 2.24) is 9.55 Å². The molecule has 0 bridgehead atoms. The fourth-order valence-electron chi connectivity index (χ4n) is 2.77. The molecule has 0 saturated heterocycles. The van der Waals surface area contributed by atoms with Gasteiger partial charge in [0.25, 0.3) is 0 Å². The van der Waals surface area contributed by atoms with Gasteiger partial charge in [0.1, 0.15) is 17.7 Å². The van der Waals surface area contributed by atoms with Crippen molar-refractivity contribution in [3.8, 4) is 17.1 Å². The van der Waals surface area contributed by atoms with E-state index in [-0.39, 0.29) is 12.7 Å². The van der Waals surface area contributed by atoms with Crippen LogP contribution in [0.3, 0.4) is 0 Å². The van der Waals surface area contributed by atoms with Crippen molar-refractivity contribution in [1.29, 1.82) is 0 Å². The quantitative estimate of drug-likeness (QED) is 0.751. The van der Waals surface area contributed by atoms with Gasteiger partial charge in [0, 0.05) is 0 Å². The number of aromatic nitrogens is 2. The van der Waals surface area contributed by atoms with Crippen LogP contribution in [0.4, 0.5) is 0 Å². The molecule has 4 rings (SSSR count). The lowest BCUT2D eigenvalue weighted by atomic mass is 10.2. The summed E-state index contributed by atoms with van der Waals surface area (Å²) in [5.74, 6) is 1.41. The Balaban J connectivity index is 2.06. The van der Waals surface area contributed by atoms with Crippen molar-refractivity contribution < 1.29 is 9.84 Å². The number of fused-ring (bicyclic) bond motifs is 5. The molecule has 1 unspecified atom stereocenters. The van der Waals surface area contributed by atoms with Crippen LogP contribution in [0.25, 0.3) is 22.4 Å². The predicted octanol–water partition coefficient (Wildman–Crippen LogP) is 3.11. The van der Waals surface area contributed by atoms with Crippen LogP contribution < -0.4 is 4.74 Å². The second-order valence-electron chi connectivity index (χ2n) is 5.07. The van der Waals surface area contributed by atoms with E-state index in [9.17, 15) is 5.11 Å². The Morgan fingerprint density at radius 1 is 1.24 bits per heavy atom. The molecule has 21 heavy (non-hydrogen) atoms. The summed E-state index contributed by atoms with van der Waals surface area (Å²) < 4.78 is 7.97. The Hall–Kier alpha value is -2.04. The molecular weight excluding hydrogens is 288 g/mol. The number of halogens is 1. The number of para-hydroxylation sites is 3. The van der Waals surface area contributed by atoms with Gasteiger partial charge in [0.2, 0.25) is 0 Å². The third-order valence-corrected chi connectivity index (χ3v) is 4.03. The number of imidazole rings is 1. The van der Waals surface area contributed by atoms with Crippen molar-refractivity contribution in [2.45, 2.75) is 12.6 Å². The summed E-state index contributed by atoms with van der Waals surface area (Å²) in [5.41, 5.74) is 2.81. The lowest BCUT2D eigenvalue weighted by Crippen LogP contribution is -2.25. The third-order valence-electron chi connectivity index (χ3n) is 3.74. The molecule has 0 fully saturated rings. The van der Waals surface area contributed by atoms with Crippen LogP contribution in [0.2, 0.25) is 5.02 Å². The second-order valence-corrected chi connectivity index (χ2v) is 5.48. The van der Waals surface area contributed by atoms with Crippen LogP contribution in [0.15, 0.2) is 42.5 Å². The van der Waals surface area contributed by atoms with Gasteiger partial charge >= 0.3 is 0 Å². The van der Waals surface area contributed by atoms with Crippen molar-refractivity contribution in [3.63, 3.8) is 0 Å². The largest absolute Gasteiger partial charge is 0.484 e. The number of hydrogen-bond donors (Lipinski definition) is 1. The molecule has 4 nitrogen and oxygen atoms in total. The molecule has 0 spiro atoms. The second kappa shape index (κ2) is 4.76. The zero-order valence-corrected chi connectivity index (χ0v) is 11.9. The van der Waals surface area contributed by atoms with E-state index in [4.69, 9.17) is 21.3 Å². The van der Waals surface area contributed by atoms with Gasteiger partial charge in [-0.3, -0.25) is 0 Å². The van der Waals surface area contributed by atoms with Crippen LogP contribution in [0.1, 0.15) is 0 Å². The minimum absolute atomic E-state index is 0.0728. The standard InChI is InChI=1S/C16H13ClN2O2/c17-12-5-3-4-11-15(12)21-10(9-20)8-19-14-7-2-1-6-13(14)18-16(11)19/h1-7,10,20H,8-9H2. The van der Waals surface area contributed by atoms with E-state index >= 15 is 0 Å². The van der Waals surface area contributed by atoms with Crippen LogP contribution in [0.5, 0.6) is 5.75 Å². The molecule has 0 saturated carbocycles. The molecule has 2 aromatic carbocycles. The van der Waals surface area contributed by atoms with Crippen molar-refractivity contribution >= 4 is 22.6 Å². The Kier molecular flexibility index (Phi) is 2.87. The van der Waals surface area contributed by atoms with E-state index in [2.05, 4.69) is 4.57 Å². The molecule has 0 amide bonds. The predicted molar refractivity (Wildman–Crippen MR) is 81.7 cm³/mol. The number of ether oxygens (including phenoxy) is 1. The highest BCUT2D eigenvalue weighted by molar-refractivity contribution is 6.32. The van der Waals surface area contributed by atoms with Crippen molar-refractivity contribution in [3.05, 3.63) is 47.5 Å². The number of nitrogens with zero attached hydrogens (tertiary/aromatic N) is 2. The van der Waals surface area contributed by atoms with E-state index in [1.54, 1.807) is 6.07 Å². The van der Waals surface area contributed by atoms with Crippen molar-refractivity contribution in [2.75, 3.05) is 6.61 Å². The summed E-state index contributed by atoms with van der Waals surface area (Å²) in [6.45, 7) is 0.466. The lowest BCUT2D eigenvalue weighted by molar-refractivity contribution is 0.106. The van der Waals surface area contributed by atoms with Gasteiger partial charge in [-0.2, -0.15) is 0 Å². The molecule has 0 radical (unpaired) electrons. The van der Waals surface area contributed by atoms with E-state index < -0.39 is 0 Å². The Morgan fingerprint density at radius 3 is 2.95 bits per heavy atom. The van der Waals surface area contributed by atoms with Crippen LogP contribution >= 0.6 is 11.6 Å². The summed E-state index contributed by atoms with van der Waals surface area (Å²) >= 11 is 6.26. The molecule has 2 heterocycles. The summed E-state index contributed by atoms with van der Waals surface area (Å²) in [5, 5.41) is 10.1. The Bertz CT molecular complexity index is 828. The first-order valence-corrected chi connectivity index (χ1v) is 7.17. The maximum absolute atomic E-state index is 9.57. The maximum atomic E-state index is 9.57. The highest BCUT2D eigenvalue weighted by Gasteiger charge is 2.26. The SMILES string of the molecule is OCC1Cn2c(nc3ccccc32)-c2cccc(Cl)c2O1. The monoisotopic (exact) mass is 300 g/mol. The number of hydrogen-bond acceptors (Lipinski definition) is 3. The molecule has 1 aliphatic heterocycles. The van der Waals surface area contributed by atoms with Gasteiger partial charge in [-0.1, -0.05) is 29.8 Å². The average Bonchev–Trinajstić information content (AvgIpc) is 2.78. The molecule has 1 atom stereocenters. The summed E-state index contributed by atoms with van der Waals surface area (Å²) in [6.07, 6.45) is -0.345. The first-order chi connectivity index (χ1) is 10.3. The van der Waals surface area contributed by atoms with E-state index in [1.807, 2.05) is 36.4 Å². The fourth-order valence-corrected chi connectivity index (χ4v) is 2.99. The molecule has 3 aromatic rings. The van der Waals surface area contributed by atoms with E-state index in [0.717, 1.165) is 22.4 Å². The first-order valence-electron chi connectivity index (χ1n) is 6.79. The van der Waals surface area contributed by atoms with Gasteiger partial charge in [-0.05, 0) is 24.3 Å². The topological polar surface area (TPSA) is 47.3 Å². The summed E-state index contributed by atoms with van der Waals surface area (Å²) in [7, 11) is 0. The smallest absolute Gasteiger partial charge is 0.149 e. The zero-order valence-electron chi connectivity index (χ0n) is 11.2. The highest BCUT2D eigenvalue weighted by Crippen LogP contribution is 2.39. The molecule has 1 N–H and O–H groups in total. The highest BCUT2D eigenvalue weighted by atomic mass is 35.5. The molecule has 0 aliphatic carbocycles. The summed E-state index contributed by atoms with van der Waals surface area (Å²) in [4.78, 5) is 4.71. The third kappa shape index (κ3) is 1.91. The molecule has 106 valence electrons. The van der Waals surface area contributed by atoms with E-state index in [1.165, 1.54) is 0 Å². The van der Waals surface area contributed by atoms with Crippen molar-refractivity contribution in [2.24, 2.45) is 0 Å². The van der Waals surface area contributed by atoms with Gasteiger partial charge in [-0.25, -0.2) is 4.98 Å². The fraction of sp³-hybridized carbons (Fsp3) is 0.188. The van der Waals surface area contributed by atoms with Crippen LogP contribution in [-0.2, 0) is 6.54 Å². The molecule has 1 aromatic heterocycles. The van der Waals surface area contributed by atoms with Gasteiger partial charge in [-0.15, -0.1) is 0 Å². The normalized spacial score (nSPS) is 17.0. The molecule has 1 aliphatic rings. The van der Waals surface area contributed by atoms with Gasteiger partial charge in [0.15, 0.2) is 0 Å².